The lowest BCUT2D eigenvalue weighted by atomic mass is 9.96. The van der Waals surface area contributed by atoms with Crippen molar-refractivity contribution in [1.29, 1.82) is 5.26 Å². The van der Waals surface area contributed by atoms with E-state index in [1.807, 2.05) is 0 Å². The lowest BCUT2D eigenvalue weighted by Crippen LogP contribution is -2.38. The summed E-state index contributed by atoms with van der Waals surface area (Å²) in [6.07, 6.45) is 2.71. The van der Waals surface area contributed by atoms with Crippen LogP contribution in [0.4, 0.5) is 0 Å². The van der Waals surface area contributed by atoms with Crippen LogP contribution in [0.1, 0.15) is 42.7 Å². The van der Waals surface area contributed by atoms with E-state index in [4.69, 9.17) is 5.26 Å². The molecule has 0 aromatic carbocycles. The molecule has 1 aliphatic heterocycles. The molecule has 0 bridgehead atoms. The highest BCUT2D eigenvalue weighted by Gasteiger charge is 2.19. The van der Waals surface area contributed by atoms with E-state index in [1.54, 1.807) is 6.07 Å². The zero-order chi connectivity index (χ0) is 17.5. The van der Waals surface area contributed by atoms with Crippen LogP contribution in [0.15, 0.2) is 16.9 Å². The maximum absolute atomic E-state index is 12.3. The van der Waals surface area contributed by atoms with Gasteiger partial charge in [-0.3, -0.25) is 14.5 Å². The summed E-state index contributed by atoms with van der Waals surface area (Å²) in [6.45, 7) is 7.04. The van der Waals surface area contributed by atoms with Gasteiger partial charge >= 0.3 is 0 Å². The molecule has 2 rings (SSSR count). The number of H-pyrrole nitrogens is 1. The Kier molecular flexibility index (Phi) is 6.56. The molecule has 6 nitrogen and oxygen atoms in total. The highest BCUT2D eigenvalue weighted by Crippen LogP contribution is 2.16. The number of pyridine rings is 1. The number of hydrogen-bond donors (Lipinski definition) is 2. The first-order chi connectivity index (χ1) is 11.5. The van der Waals surface area contributed by atoms with Crippen molar-refractivity contribution in [1.82, 2.24) is 15.2 Å². The highest BCUT2D eigenvalue weighted by atomic mass is 16.2. The first kappa shape index (κ1) is 18.2. The van der Waals surface area contributed by atoms with Crippen molar-refractivity contribution in [3.8, 4) is 6.07 Å². The number of likely N-dealkylation sites (tertiary alicyclic amines) is 1. The normalized spacial score (nSPS) is 16.1. The fourth-order valence-corrected chi connectivity index (χ4v) is 3.07. The van der Waals surface area contributed by atoms with E-state index in [2.05, 4.69) is 35.1 Å². The Morgan fingerprint density at radius 3 is 2.75 bits per heavy atom. The molecule has 1 saturated heterocycles. The summed E-state index contributed by atoms with van der Waals surface area (Å²) in [5.41, 5.74) is 0.992. The number of hydrogen-bond acceptors (Lipinski definition) is 4. The first-order valence-corrected chi connectivity index (χ1v) is 8.58. The Balaban J connectivity index is 1.88. The molecule has 2 heterocycles. The number of amides is 1. The molecule has 2 N–H and O–H groups in total. The largest absolute Gasteiger partial charge is 0.352 e. The quantitative estimate of drug-likeness (QED) is 0.774. The van der Waals surface area contributed by atoms with Crippen LogP contribution in [0.5, 0.6) is 0 Å². The van der Waals surface area contributed by atoms with Gasteiger partial charge in [0.1, 0.15) is 0 Å². The molecule has 0 aliphatic carbocycles. The highest BCUT2D eigenvalue weighted by molar-refractivity contribution is 5.94. The molecule has 0 atom stereocenters. The second-order valence-corrected chi connectivity index (χ2v) is 6.94. The van der Waals surface area contributed by atoms with Crippen LogP contribution in [0.2, 0.25) is 0 Å². The van der Waals surface area contributed by atoms with Crippen LogP contribution in [0, 0.1) is 23.2 Å². The fraction of sp³-hybridized carbons (Fsp3) is 0.611. The average Bonchev–Trinajstić information content (AvgIpc) is 2.53. The number of piperidine rings is 1. The Hall–Kier alpha value is -2.13. The van der Waals surface area contributed by atoms with Crippen LogP contribution in [-0.2, 0) is 6.42 Å². The standard InChI is InChI=1S/C18H26N4O2/c1-13(2)9-16-10-15(11-17(23)21-16)18(24)20-12-14-3-6-22(7-4-14)8-5-19/h10-11,13-14H,3-4,6-9,12H2,1-2H3,(H,20,24)(H,21,23). The number of nitriles is 1. The number of nitrogens with one attached hydrogen (secondary N) is 2. The zero-order valence-corrected chi connectivity index (χ0v) is 14.5. The topological polar surface area (TPSA) is 89.0 Å². The monoisotopic (exact) mass is 330 g/mol. The molecule has 0 unspecified atom stereocenters. The van der Waals surface area contributed by atoms with Crippen molar-refractivity contribution in [3.05, 3.63) is 33.7 Å². The third-order valence-corrected chi connectivity index (χ3v) is 4.34. The molecule has 1 amide bonds. The average molecular weight is 330 g/mol. The molecule has 1 fully saturated rings. The Bertz CT molecular complexity index is 652. The summed E-state index contributed by atoms with van der Waals surface area (Å²) in [7, 11) is 0. The summed E-state index contributed by atoms with van der Waals surface area (Å²) in [4.78, 5) is 29.0. The summed E-state index contributed by atoms with van der Waals surface area (Å²) in [5, 5.41) is 11.7. The molecule has 0 radical (unpaired) electrons. The number of carbonyl (C=O) groups is 1. The van der Waals surface area contributed by atoms with Gasteiger partial charge in [0.2, 0.25) is 5.56 Å². The fourth-order valence-electron chi connectivity index (χ4n) is 3.07. The molecule has 24 heavy (non-hydrogen) atoms. The van der Waals surface area contributed by atoms with Crippen molar-refractivity contribution in [3.63, 3.8) is 0 Å². The van der Waals surface area contributed by atoms with Gasteiger partial charge in [-0.05, 0) is 50.3 Å². The lowest BCUT2D eigenvalue weighted by Gasteiger charge is -2.30. The van der Waals surface area contributed by atoms with Gasteiger partial charge in [-0.15, -0.1) is 0 Å². The minimum atomic E-state index is -0.233. The van der Waals surface area contributed by atoms with E-state index >= 15 is 0 Å². The smallest absolute Gasteiger partial charge is 0.251 e. The van der Waals surface area contributed by atoms with Crippen molar-refractivity contribution in [2.75, 3.05) is 26.2 Å². The summed E-state index contributed by atoms with van der Waals surface area (Å²) < 4.78 is 0. The number of carbonyl (C=O) groups excluding carboxylic acids is 1. The van der Waals surface area contributed by atoms with Gasteiger partial charge in [0.25, 0.3) is 5.91 Å². The van der Waals surface area contributed by atoms with E-state index in [-0.39, 0.29) is 11.5 Å². The van der Waals surface area contributed by atoms with Crippen LogP contribution < -0.4 is 10.9 Å². The second kappa shape index (κ2) is 8.65. The Morgan fingerprint density at radius 1 is 1.42 bits per heavy atom. The van der Waals surface area contributed by atoms with Crippen LogP contribution in [0.25, 0.3) is 0 Å². The van der Waals surface area contributed by atoms with Gasteiger partial charge < -0.3 is 10.3 Å². The van der Waals surface area contributed by atoms with Crippen molar-refractivity contribution in [2.45, 2.75) is 33.1 Å². The predicted molar refractivity (Wildman–Crippen MR) is 92.7 cm³/mol. The number of aromatic nitrogens is 1. The van der Waals surface area contributed by atoms with E-state index in [9.17, 15) is 9.59 Å². The summed E-state index contributed by atoms with van der Waals surface area (Å²) in [5.74, 6) is 0.657. The van der Waals surface area contributed by atoms with Gasteiger partial charge in [-0.25, -0.2) is 0 Å². The molecule has 1 aromatic rings. The van der Waals surface area contributed by atoms with Gasteiger partial charge in [0.05, 0.1) is 12.6 Å². The predicted octanol–water partition coefficient (Wildman–Crippen LogP) is 1.54. The van der Waals surface area contributed by atoms with Crippen molar-refractivity contribution in [2.24, 2.45) is 11.8 Å². The van der Waals surface area contributed by atoms with Gasteiger partial charge in [-0.2, -0.15) is 5.26 Å². The van der Waals surface area contributed by atoms with Crippen molar-refractivity contribution < 1.29 is 4.79 Å². The molecule has 0 saturated carbocycles. The van der Waals surface area contributed by atoms with Gasteiger partial charge in [-0.1, -0.05) is 13.8 Å². The van der Waals surface area contributed by atoms with Crippen LogP contribution in [-0.4, -0.2) is 42.0 Å². The SMILES string of the molecule is CC(C)Cc1cc(C(=O)NCC2CCN(CC#N)CC2)cc(=O)[nH]1. The second-order valence-electron chi connectivity index (χ2n) is 6.94. The minimum absolute atomic E-state index is 0.189. The van der Waals surface area contributed by atoms with E-state index < -0.39 is 0 Å². The van der Waals surface area contributed by atoms with Crippen LogP contribution in [0.3, 0.4) is 0 Å². The molecular formula is C18H26N4O2. The number of nitrogens with zero attached hydrogens (tertiary/aromatic N) is 2. The lowest BCUT2D eigenvalue weighted by molar-refractivity contribution is 0.0937. The zero-order valence-electron chi connectivity index (χ0n) is 14.5. The molecule has 130 valence electrons. The Morgan fingerprint density at radius 2 is 2.12 bits per heavy atom. The third-order valence-electron chi connectivity index (χ3n) is 4.34. The van der Waals surface area contributed by atoms with E-state index in [0.717, 1.165) is 38.0 Å². The van der Waals surface area contributed by atoms with Crippen LogP contribution >= 0.6 is 0 Å². The summed E-state index contributed by atoms with van der Waals surface area (Å²) >= 11 is 0. The minimum Gasteiger partial charge on any atom is -0.352 e. The number of aromatic amines is 1. The maximum Gasteiger partial charge on any atom is 0.251 e. The van der Waals surface area contributed by atoms with Gasteiger partial charge in [0.15, 0.2) is 0 Å². The number of rotatable bonds is 6. The van der Waals surface area contributed by atoms with Gasteiger partial charge in [0, 0.05) is 23.9 Å². The molecule has 6 heteroatoms. The van der Waals surface area contributed by atoms with Crippen molar-refractivity contribution >= 4 is 5.91 Å². The first-order valence-electron chi connectivity index (χ1n) is 8.58. The van der Waals surface area contributed by atoms with E-state index in [1.165, 1.54) is 6.07 Å². The molecule has 0 spiro atoms. The Labute approximate surface area is 142 Å². The molecular weight excluding hydrogens is 304 g/mol. The molecule has 1 aromatic heterocycles. The summed E-state index contributed by atoms with van der Waals surface area (Å²) in [6, 6.07) is 5.30. The van der Waals surface area contributed by atoms with E-state index in [0.29, 0.717) is 30.5 Å². The third kappa shape index (κ3) is 5.50. The molecule has 1 aliphatic rings. The maximum atomic E-state index is 12.3.